The summed E-state index contributed by atoms with van der Waals surface area (Å²) in [5.74, 6) is 0. The maximum atomic E-state index is 2.78. The summed E-state index contributed by atoms with van der Waals surface area (Å²) < 4.78 is 2.78. The van der Waals surface area contributed by atoms with E-state index in [0.717, 1.165) is 0 Å². The molecule has 64 heavy (non-hydrogen) atoms. The van der Waals surface area contributed by atoms with E-state index >= 15 is 0 Å². The van der Waals surface area contributed by atoms with E-state index in [0.29, 0.717) is 0 Å². The molecule has 0 spiro atoms. The second-order valence-electron chi connectivity index (χ2n) is 22.8. The molecule has 0 saturated heterocycles. The van der Waals surface area contributed by atoms with Crippen molar-refractivity contribution in [2.45, 2.75) is 112 Å². The standard InChI is InChI=1S/C61H63BN2/c1-38-19-17-18-22-47(38)54-50-35-44(60(8,9)10)34-49-48-33-45(61(11,12)13)37-53-55(48)62(64(57(49)50)56(54)41-25-23-40(24-26-41)39-20-15-14-16-21-39)51-36-43(59(5,6)7)29-32-52(51)63(53)46-30-27-42(28-31-46)58(2,3)4/h14-37H,1-13H3. The van der Waals surface area contributed by atoms with Crippen molar-refractivity contribution < 1.29 is 0 Å². The fourth-order valence-electron chi connectivity index (χ4n) is 10.4. The molecule has 0 unspecified atom stereocenters. The zero-order valence-electron chi connectivity index (χ0n) is 40.3. The van der Waals surface area contributed by atoms with Gasteiger partial charge in [-0.3, -0.25) is 0 Å². The second-order valence-corrected chi connectivity index (χ2v) is 22.8. The van der Waals surface area contributed by atoms with Crippen LogP contribution in [0.25, 0.3) is 55.5 Å². The first-order valence-corrected chi connectivity index (χ1v) is 23.4. The van der Waals surface area contributed by atoms with E-state index in [4.69, 9.17) is 0 Å². The molecule has 0 fully saturated rings. The first-order chi connectivity index (χ1) is 30.2. The number of hydrogen-bond acceptors (Lipinski definition) is 1. The van der Waals surface area contributed by atoms with Crippen LogP contribution in [0.15, 0.2) is 146 Å². The summed E-state index contributed by atoms with van der Waals surface area (Å²) >= 11 is 0. The fraction of sp³-hybridized carbons (Fsp3) is 0.279. The Labute approximate surface area is 383 Å². The third-order valence-corrected chi connectivity index (χ3v) is 14.2. The summed E-state index contributed by atoms with van der Waals surface area (Å²) in [6.45, 7) is 30.4. The van der Waals surface area contributed by atoms with Gasteiger partial charge in [0, 0.05) is 44.8 Å². The van der Waals surface area contributed by atoms with E-state index in [-0.39, 0.29) is 28.5 Å². The number of benzene rings is 7. The first kappa shape index (κ1) is 41.9. The van der Waals surface area contributed by atoms with Crippen molar-refractivity contribution >= 4 is 45.7 Å². The average molecular weight is 835 g/mol. The van der Waals surface area contributed by atoms with Gasteiger partial charge in [0.15, 0.2) is 0 Å². The molecular weight excluding hydrogens is 771 g/mol. The summed E-state index contributed by atoms with van der Waals surface area (Å²) in [7, 11) is 0. The summed E-state index contributed by atoms with van der Waals surface area (Å²) in [5.41, 5.74) is 24.4. The highest BCUT2D eigenvalue weighted by atomic mass is 15.2. The molecule has 2 aliphatic heterocycles. The lowest BCUT2D eigenvalue weighted by Gasteiger charge is -2.42. The lowest BCUT2D eigenvalue weighted by molar-refractivity contribution is 0.589. The number of fused-ring (bicyclic) bond motifs is 4. The minimum absolute atomic E-state index is 0.0456. The predicted octanol–water partition coefficient (Wildman–Crippen LogP) is 15.6. The van der Waals surface area contributed by atoms with Crippen molar-refractivity contribution in [1.29, 1.82) is 0 Å². The van der Waals surface area contributed by atoms with Gasteiger partial charge >= 0.3 is 6.85 Å². The maximum Gasteiger partial charge on any atom is 0.333 e. The Morgan fingerprint density at radius 1 is 0.422 bits per heavy atom. The molecule has 0 radical (unpaired) electrons. The number of aromatic nitrogens is 1. The summed E-state index contributed by atoms with van der Waals surface area (Å²) in [6, 6.07) is 56.2. The Kier molecular flexibility index (Phi) is 9.49. The van der Waals surface area contributed by atoms with Crippen LogP contribution in [-0.4, -0.2) is 11.3 Å². The second kappa shape index (κ2) is 14.5. The van der Waals surface area contributed by atoms with Crippen molar-refractivity contribution in [3.05, 3.63) is 173 Å². The number of anilines is 3. The molecule has 2 nitrogen and oxygen atoms in total. The van der Waals surface area contributed by atoms with Crippen LogP contribution in [0.3, 0.4) is 0 Å². The maximum absolute atomic E-state index is 2.78. The van der Waals surface area contributed by atoms with E-state index in [1.54, 1.807) is 0 Å². The van der Waals surface area contributed by atoms with Gasteiger partial charge in [0.05, 0.1) is 0 Å². The SMILES string of the molecule is Cc1ccccc1-c1c(-c2ccc(-c3ccccc3)cc2)n2c3c(cc(C(C)(C)C)cc13)-c1cc(C(C)(C)C)cc3c1B2c1cc(C(C)(C)C)ccc1N3c1ccc(C(C)(C)C)cc1. The highest BCUT2D eigenvalue weighted by molar-refractivity contribution is 6.89. The van der Waals surface area contributed by atoms with Crippen molar-refractivity contribution in [3.8, 4) is 44.6 Å². The van der Waals surface area contributed by atoms with Crippen LogP contribution in [0.5, 0.6) is 0 Å². The van der Waals surface area contributed by atoms with Gasteiger partial charge in [-0.25, -0.2) is 0 Å². The minimum atomic E-state index is -0.0860. The molecule has 0 aliphatic carbocycles. The van der Waals surface area contributed by atoms with E-state index in [2.05, 4.69) is 245 Å². The normalized spacial score (nSPS) is 13.6. The Balaban J connectivity index is 1.40. The molecule has 0 saturated carbocycles. The molecule has 0 amide bonds. The van der Waals surface area contributed by atoms with Gasteiger partial charge in [0.25, 0.3) is 0 Å². The van der Waals surface area contributed by atoms with Gasteiger partial charge in [-0.05, 0) is 132 Å². The lowest BCUT2D eigenvalue weighted by Crippen LogP contribution is -2.57. The molecule has 3 heterocycles. The largest absolute Gasteiger partial charge is 0.375 e. The number of aryl methyl sites for hydroxylation is 1. The lowest BCUT2D eigenvalue weighted by atomic mass is 9.44. The molecule has 1 aromatic heterocycles. The van der Waals surface area contributed by atoms with Gasteiger partial charge in [-0.1, -0.05) is 192 Å². The van der Waals surface area contributed by atoms with E-state index < -0.39 is 0 Å². The third-order valence-electron chi connectivity index (χ3n) is 14.2. The molecule has 0 N–H and O–H groups in total. The molecule has 0 bridgehead atoms. The van der Waals surface area contributed by atoms with Crippen LogP contribution in [0.4, 0.5) is 17.1 Å². The Hall–Kier alpha value is -6.06. The number of rotatable bonds is 4. The van der Waals surface area contributed by atoms with Crippen molar-refractivity contribution in [1.82, 2.24) is 4.48 Å². The van der Waals surface area contributed by atoms with Gasteiger partial charge in [-0.15, -0.1) is 0 Å². The fourth-order valence-corrected chi connectivity index (χ4v) is 10.4. The predicted molar refractivity (Wildman–Crippen MR) is 278 cm³/mol. The summed E-state index contributed by atoms with van der Waals surface area (Å²) in [4.78, 5) is 2.59. The zero-order valence-corrected chi connectivity index (χ0v) is 40.3. The number of hydrogen-bond donors (Lipinski definition) is 0. The van der Waals surface area contributed by atoms with Crippen LogP contribution < -0.4 is 15.8 Å². The van der Waals surface area contributed by atoms with E-state index in [1.165, 1.54) is 111 Å². The summed E-state index contributed by atoms with van der Waals surface area (Å²) in [6.07, 6.45) is 0. The topological polar surface area (TPSA) is 8.17 Å². The van der Waals surface area contributed by atoms with Gasteiger partial charge in [0.2, 0.25) is 0 Å². The minimum Gasteiger partial charge on any atom is -0.375 e. The van der Waals surface area contributed by atoms with Crippen LogP contribution in [0, 0.1) is 6.92 Å². The molecule has 8 aromatic rings. The van der Waals surface area contributed by atoms with Gasteiger partial charge in [-0.2, -0.15) is 0 Å². The van der Waals surface area contributed by atoms with Crippen LogP contribution in [0.2, 0.25) is 0 Å². The Morgan fingerprint density at radius 2 is 0.969 bits per heavy atom. The molecular formula is C61H63BN2. The smallest absolute Gasteiger partial charge is 0.333 e. The first-order valence-electron chi connectivity index (χ1n) is 23.4. The molecule has 0 atom stereocenters. The van der Waals surface area contributed by atoms with Crippen molar-refractivity contribution in [2.75, 3.05) is 4.90 Å². The Morgan fingerprint density at radius 3 is 1.59 bits per heavy atom. The molecule has 7 aromatic carbocycles. The third kappa shape index (κ3) is 6.77. The van der Waals surface area contributed by atoms with Crippen molar-refractivity contribution in [3.63, 3.8) is 0 Å². The van der Waals surface area contributed by atoms with Crippen LogP contribution in [0.1, 0.15) is 111 Å². The molecule has 10 rings (SSSR count). The quantitative estimate of drug-likeness (QED) is 0.160. The van der Waals surface area contributed by atoms with E-state index in [1.807, 2.05) is 0 Å². The van der Waals surface area contributed by atoms with Gasteiger partial charge in [0.1, 0.15) is 0 Å². The van der Waals surface area contributed by atoms with Gasteiger partial charge < -0.3 is 9.38 Å². The monoisotopic (exact) mass is 835 g/mol. The van der Waals surface area contributed by atoms with Crippen LogP contribution in [-0.2, 0) is 21.7 Å². The summed E-state index contributed by atoms with van der Waals surface area (Å²) in [5, 5.41) is 1.32. The van der Waals surface area contributed by atoms with Crippen LogP contribution >= 0.6 is 0 Å². The molecule has 320 valence electrons. The highest BCUT2D eigenvalue weighted by Gasteiger charge is 2.45. The van der Waals surface area contributed by atoms with E-state index in [9.17, 15) is 0 Å². The highest BCUT2D eigenvalue weighted by Crippen LogP contribution is 2.52. The average Bonchev–Trinajstić information content (AvgIpc) is 3.58. The molecule has 3 heteroatoms. The Bertz CT molecular complexity index is 3120. The van der Waals surface area contributed by atoms with Crippen molar-refractivity contribution in [2.24, 2.45) is 0 Å². The zero-order chi connectivity index (χ0) is 45.2. The molecule has 2 aliphatic rings. The number of nitrogens with zero attached hydrogens (tertiary/aromatic N) is 2.